The molecule has 0 saturated heterocycles. The lowest BCUT2D eigenvalue weighted by molar-refractivity contribution is 0.244. The molecule has 0 spiro atoms. The van der Waals surface area contributed by atoms with Crippen molar-refractivity contribution in [2.24, 2.45) is 0 Å². The molecule has 1 aliphatic rings. The van der Waals surface area contributed by atoms with Gasteiger partial charge in [0.2, 0.25) is 0 Å². The van der Waals surface area contributed by atoms with Gasteiger partial charge in [0.15, 0.2) is 0 Å². The molecule has 1 aliphatic heterocycles. The van der Waals surface area contributed by atoms with Crippen molar-refractivity contribution in [1.82, 2.24) is 9.88 Å². The lowest BCUT2D eigenvalue weighted by Crippen LogP contribution is -2.30. The van der Waals surface area contributed by atoms with Crippen molar-refractivity contribution >= 4 is 10.9 Å². The van der Waals surface area contributed by atoms with E-state index in [1.54, 1.807) is 6.07 Å². The first kappa shape index (κ1) is 9.73. The van der Waals surface area contributed by atoms with Crippen molar-refractivity contribution in [2.45, 2.75) is 19.4 Å². The van der Waals surface area contributed by atoms with Crippen LogP contribution in [0.3, 0.4) is 0 Å². The molecule has 1 unspecified atom stereocenters. The zero-order valence-corrected chi connectivity index (χ0v) is 9.62. The summed E-state index contributed by atoms with van der Waals surface area (Å²) in [6.07, 6.45) is 1.06. The molecule has 0 bridgehead atoms. The molecular formula is C13H16N2O. The van der Waals surface area contributed by atoms with Crippen molar-refractivity contribution in [3.8, 4) is 5.75 Å². The molecule has 3 rings (SSSR count). The second-order valence-electron chi connectivity index (χ2n) is 4.65. The Morgan fingerprint density at radius 1 is 1.44 bits per heavy atom. The summed E-state index contributed by atoms with van der Waals surface area (Å²) < 4.78 is 0. The van der Waals surface area contributed by atoms with Crippen LogP contribution in [-0.2, 0) is 6.42 Å². The molecule has 3 nitrogen and oxygen atoms in total. The molecule has 1 aromatic heterocycles. The fourth-order valence-electron chi connectivity index (χ4n) is 2.58. The second kappa shape index (κ2) is 3.25. The molecule has 2 heterocycles. The van der Waals surface area contributed by atoms with Gasteiger partial charge in [0.1, 0.15) is 5.75 Å². The van der Waals surface area contributed by atoms with Crippen molar-refractivity contribution in [3.63, 3.8) is 0 Å². The van der Waals surface area contributed by atoms with Crippen LogP contribution in [0.15, 0.2) is 18.2 Å². The number of aromatic hydroxyl groups is 1. The number of nitrogens with zero attached hydrogens (tertiary/aromatic N) is 1. The minimum Gasteiger partial charge on any atom is -0.508 e. The highest BCUT2D eigenvalue weighted by Gasteiger charge is 2.24. The van der Waals surface area contributed by atoms with E-state index in [1.165, 1.54) is 16.6 Å². The summed E-state index contributed by atoms with van der Waals surface area (Å²) in [4.78, 5) is 5.82. The van der Waals surface area contributed by atoms with Crippen LogP contribution in [0.4, 0.5) is 0 Å². The van der Waals surface area contributed by atoms with E-state index in [4.69, 9.17) is 0 Å². The summed E-state index contributed by atoms with van der Waals surface area (Å²) in [5.41, 5.74) is 3.80. The van der Waals surface area contributed by atoms with Crippen molar-refractivity contribution in [3.05, 3.63) is 29.5 Å². The van der Waals surface area contributed by atoms with Crippen LogP contribution in [0.1, 0.15) is 24.2 Å². The highest BCUT2D eigenvalue weighted by atomic mass is 16.3. The van der Waals surface area contributed by atoms with Crippen LogP contribution < -0.4 is 0 Å². The number of nitrogens with one attached hydrogen (secondary N) is 1. The number of benzene rings is 1. The number of aromatic amines is 1. The summed E-state index contributed by atoms with van der Waals surface area (Å²) in [5, 5.41) is 10.7. The fraction of sp³-hybridized carbons (Fsp3) is 0.385. The number of aromatic nitrogens is 1. The van der Waals surface area contributed by atoms with Gasteiger partial charge in [0.25, 0.3) is 0 Å². The number of rotatable bonds is 0. The lowest BCUT2D eigenvalue weighted by atomic mass is 9.99. The zero-order valence-electron chi connectivity index (χ0n) is 9.62. The number of likely N-dealkylation sites (N-methyl/N-ethyl adjacent to an activating group) is 1. The number of phenols is 1. The maximum absolute atomic E-state index is 9.54. The molecule has 2 N–H and O–H groups in total. The molecule has 0 radical (unpaired) electrons. The summed E-state index contributed by atoms with van der Waals surface area (Å²) in [6.45, 7) is 3.30. The Bertz CT molecular complexity index is 544. The SMILES string of the molecule is CC1c2[nH]c3ccc(O)cc3c2CCN1C. The first-order valence-corrected chi connectivity index (χ1v) is 5.70. The molecule has 0 saturated carbocycles. The smallest absolute Gasteiger partial charge is 0.116 e. The van der Waals surface area contributed by atoms with E-state index < -0.39 is 0 Å². The normalized spacial score (nSPS) is 21.2. The third-order valence-electron chi connectivity index (χ3n) is 3.72. The van der Waals surface area contributed by atoms with Gasteiger partial charge in [-0.15, -0.1) is 0 Å². The van der Waals surface area contributed by atoms with Crippen molar-refractivity contribution < 1.29 is 5.11 Å². The van der Waals surface area contributed by atoms with Gasteiger partial charge >= 0.3 is 0 Å². The average molecular weight is 216 g/mol. The molecule has 1 aromatic carbocycles. The van der Waals surface area contributed by atoms with E-state index in [0.717, 1.165) is 18.5 Å². The van der Waals surface area contributed by atoms with Crippen LogP contribution in [0.25, 0.3) is 10.9 Å². The monoisotopic (exact) mass is 216 g/mol. The van der Waals surface area contributed by atoms with E-state index in [9.17, 15) is 5.11 Å². The topological polar surface area (TPSA) is 39.3 Å². The summed E-state index contributed by atoms with van der Waals surface area (Å²) in [7, 11) is 2.15. The Labute approximate surface area is 94.7 Å². The lowest BCUT2D eigenvalue weighted by Gasteiger charge is -2.29. The Hall–Kier alpha value is -1.48. The van der Waals surface area contributed by atoms with Crippen LogP contribution in [0.5, 0.6) is 5.75 Å². The first-order chi connectivity index (χ1) is 7.66. The second-order valence-corrected chi connectivity index (χ2v) is 4.65. The zero-order chi connectivity index (χ0) is 11.3. The van der Waals surface area contributed by atoms with Gasteiger partial charge in [-0.1, -0.05) is 0 Å². The minimum atomic E-state index is 0.348. The molecule has 16 heavy (non-hydrogen) atoms. The maximum atomic E-state index is 9.54. The molecule has 0 fully saturated rings. The number of hydrogen-bond donors (Lipinski definition) is 2. The Kier molecular flexibility index (Phi) is 1.98. The number of fused-ring (bicyclic) bond motifs is 3. The third kappa shape index (κ3) is 1.25. The minimum absolute atomic E-state index is 0.348. The van der Waals surface area contributed by atoms with Crippen LogP contribution in [-0.4, -0.2) is 28.6 Å². The molecule has 0 amide bonds. The molecule has 3 heteroatoms. The van der Waals surface area contributed by atoms with Gasteiger partial charge in [-0.3, -0.25) is 4.90 Å². The summed E-state index contributed by atoms with van der Waals surface area (Å²) in [6, 6.07) is 5.98. The predicted molar refractivity (Wildman–Crippen MR) is 64.7 cm³/mol. The summed E-state index contributed by atoms with van der Waals surface area (Å²) >= 11 is 0. The van der Waals surface area contributed by atoms with E-state index in [-0.39, 0.29) is 0 Å². The molecular weight excluding hydrogens is 200 g/mol. The molecule has 1 atom stereocenters. The van der Waals surface area contributed by atoms with Gasteiger partial charge in [-0.25, -0.2) is 0 Å². The van der Waals surface area contributed by atoms with E-state index in [0.29, 0.717) is 11.8 Å². The Morgan fingerprint density at radius 3 is 3.06 bits per heavy atom. The summed E-state index contributed by atoms with van der Waals surface area (Å²) in [5.74, 6) is 0.348. The van der Waals surface area contributed by atoms with E-state index in [1.807, 2.05) is 12.1 Å². The Morgan fingerprint density at radius 2 is 2.25 bits per heavy atom. The molecule has 2 aromatic rings. The van der Waals surface area contributed by atoms with Gasteiger partial charge in [-0.2, -0.15) is 0 Å². The third-order valence-corrected chi connectivity index (χ3v) is 3.72. The number of phenolic OH excluding ortho intramolecular Hbond substituents is 1. The molecule has 0 aliphatic carbocycles. The highest BCUT2D eigenvalue weighted by Crippen LogP contribution is 2.34. The van der Waals surface area contributed by atoms with Crippen molar-refractivity contribution in [1.29, 1.82) is 0 Å². The molecule has 84 valence electrons. The fourth-order valence-corrected chi connectivity index (χ4v) is 2.58. The predicted octanol–water partition coefficient (Wildman–Crippen LogP) is 2.42. The van der Waals surface area contributed by atoms with E-state index >= 15 is 0 Å². The van der Waals surface area contributed by atoms with Gasteiger partial charge in [0, 0.05) is 29.2 Å². The standard InChI is InChI=1S/C13H16N2O/c1-8-13-10(5-6-15(8)2)11-7-9(16)3-4-12(11)14-13/h3-4,7-8,14,16H,5-6H2,1-2H3. The van der Waals surface area contributed by atoms with Crippen molar-refractivity contribution in [2.75, 3.05) is 13.6 Å². The largest absolute Gasteiger partial charge is 0.508 e. The van der Waals surface area contributed by atoms with Gasteiger partial charge in [-0.05, 0) is 44.2 Å². The average Bonchev–Trinajstić information content (AvgIpc) is 2.62. The van der Waals surface area contributed by atoms with Crippen LogP contribution in [0.2, 0.25) is 0 Å². The maximum Gasteiger partial charge on any atom is 0.116 e. The Balaban J connectivity index is 2.26. The van der Waals surface area contributed by atoms with Crippen LogP contribution in [0, 0.1) is 0 Å². The first-order valence-electron chi connectivity index (χ1n) is 5.70. The quantitative estimate of drug-likeness (QED) is 0.710. The van der Waals surface area contributed by atoms with Gasteiger partial charge < -0.3 is 10.1 Å². The number of H-pyrrole nitrogens is 1. The van der Waals surface area contributed by atoms with Gasteiger partial charge in [0.05, 0.1) is 0 Å². The highest BCUT2D eigenvalue weighted by molar-refractivity contribution is 5.86. The van der Waals surface area contributed by atoms with E-state index in [2.05, 4.69) is 23.9 Å². The van der Waals surface area contributed by atoms with Crippen LogP contribution >= 0.6 is 0 Å². The number of hydrogen-bond acceptors (Lipinski definition) is 2.